The van der Waals surface area contributed by atoms with E-state index in [1.54, 1.807) is 41.9 Å². The third-order valence-corrected chi connectivity index (χ3v) is 3.51. The van der Waals surface area contributed by atoms with Gasteiger partial charge in [-0.2, -0.15) is 10.2 Å². The van der Waals surface area contributed by atoms with Crippen LogP contribution in [0.15, 0.2) is 23.1 Å². The van der Waals surface area contributed by atoms with E-state index in [9.17, 15) is 4.79 Å². The lowest BCUT2D eigenvalue weighted by atomic mass is 10.3. The molecule has 0 aliphatic carbocycles. The van der Waals surface area contributed by atoms with Gasteiger partial charge in [0.2, 0.25) is 5.91 Å². The number of carbonyl (C=O) groups excluding carboxylic acids is 1. The van der Waals surface area contributed by atoms with E-state index in [4.69, 9.17) is 11.6 Å². The summed E-state index contributed by atoms with van der Waals surface area (Å²) in [7, 11) is 1.78. The van der Waals surface area contributed by atoms with Gasteiger partial charge in [-0.3, -0.25) is 14.2 Å². The molecule has 1 N–H and O–H groups in total. The predicted octanol–water partition coefficient (Wildman–Crippen LogP) is 1.91. The van der Waals surface area contributed by atoms with Gasteiger partial charge in [-0.25, -0.2) is 0 Å². The summed E-state index contributed by atoms with van der Waals surface area (Å²) in [6.07, 6.45) is 4.94. The van der Waals surface area contributed by atoms with E-state index >= 15 is 0 Å². The van der Waals surface area contributed by atoms with Crippen molar-refractivity contribution in [3.8, 4) is 0 Å². The number of nitrogens with zero attached hydrogens (tertiary/aromatic N) is 4. The van der Waals surface area contributed by atoms with Gasteiger partial charge in [0.15, 0.2) is 0 Å². The SMILES string of the molecule is CC(C(=O)NCc1c(Cl)cnn1C)n1cc(Br)cn1. The Kier molecular flexibility index (Phi) is 4.26. The summed E-state index contributed by atoms with van der Waals surface area (Å²) in [6.45, 7) is 2.11. The average Bonchev–Trinajstić information content (AvgIpc) is 2.93. The number of hydrogen-bond donors (Lipinski definition) is 1. The van der Waals surface area contributed by atoms with E-state index in [1.165, 1.54) is 0 Å². The zero-order valence-electron chi connectivity index (χ0n) is 10.5. The van der Waals surface area contributed by atoms with Gasteiger partial charge in [0, 0.05) is 13.2 Å². The van der Waals surface area contributed by atoms with Crippen molar-refractivity contribution in [2.24, 2.45) is 7.05 Å². The highest BCUT2D eigenvalue weighted by Gasteiger charge is 2.16. The van der Waals surface area contributed by atoms with E-state index in [0.717, 1.165) is 10.2 Å². The fourth-order valence-electron chi connectivity index (χ4n) is 1.60. The molecule has 102 valence electrons. The minimum Gasteiger partial charge on any atom is -0.349 e. The monoisotopic (exact) mass is 345 g/mol. The number of carbonyl (C=O) groups is 1. The number of hydrogen-bond acceptors (Lipinski definition) is 3. The lowest BCUT2D eigenvalue weighted by Gasteiger charge is -2.12. The average molecular weight is 347 g/mol. The topological polar surface area (TPSA) is 64.7 Å². The van der Waals surface area contributed by atoms with Crippen LogP contribution in [0.1, 0.15) is 18.7 Å². The largest absolute Gasteiger partial charge is 0.349 e. The van der Waals surface area contributed by atoms with E-state index in [-0.39, 0.29) is 5.91 Å². The van der Waals surface area contributed by atoms with E-state index in [0.29, 0.717) is 11.6 Å². The molecule has 0 bridgehead atoms. The molecule has 0 aliphatic heterocycles. The van der Waals surface area contributed by atoms with E-state index < -0.39 is 6.04 Å². The van der Waals surface area contributed by atoms with Gasteiger partial charge in [0.1, 0.15) is 6.04 Å². The number of nitrogens with one attached hydrogen (secondary N) is 1. The highest BCUT2D eigenvalue weighted by molar-refractivity contribution is 9.10. The molecule has 0 aliphatic rings. The maximum atomic E-state index is 12.0. The summed E-state index contributed by atoms with van der Waals surface area (Å²) < 4.78 is 4.06. The molecule has 0 spiro atoms. The van der Waals surface area contributed by atoms with Crippen molar-refractivity contribution < 1.29 is 4.79 Å². The van der Waals surface area contributed by atoms with Crippen LogP contribution in [0, 0.1) is 0 Å². The number of rotatable bonds is 4. The van der Waals surface area contributed by atoms with Crippen molar-refractivity contribution >= 4 is 33.4 Å². The highest BCUT2D eigenvalue weighted by atomic mass is 79.9. The van der Waals surface area contributed by atoms with E-state index in [1.807, 2.05) is 0 Å². The molecule has 19 heavy (non-hydrogen) atoms. The summed E-state index contributed by atoms with van der Waals surface area (Å²) in [4.78, 5) is 12.0. The second-order valence-electron chi connectivity index (χ2n) is 4.10. The number of aryl methyl sites for hydroxylation is 1. The summed E-state index contributed by atoms with van der Waals surface area (Å²) >= 11 is 9.27. The molecular weight excluding hydrogens is 334 g/mol. The molecule has 1 atom stereocenters. The van der Waals surface area contributed by atoms with Gasteiger partial charge in [0.05, 0.1) is 34.1 Å². The zero-order valence-corrected chi connectivity index (χ0v) is 12.8. The third kappa shape index (κ3) is 3.16. The highest BCUT2D eigenvalue weighted by Crippen LogP contribution is 2.15. The van der Waals surface area contributed by atoms with Crippen molar-refractivity contribution in [2.75, 3.05) is 0 Å². The fraction of sp³-hybridized carbons (Fsp3) is 0.364. The van der Waals surface area contributed by atoms with Crippen LogP contribution in [0.25, 0.3) is 0 Å². The van der Waals surface area contributed by atoms with Crippen molar-refractivity contribution in [1.29, 1.82) is 0 Å². The van der Waals surface area contributed by atoms with Gasteiger partial charge in [-0.1, -0.05) is 11.6 Å². The molecule has 0 saturated heterocycles. The first-order valence-corrected chi connectivity index (χ1v) is 6.80. The van der Waals surface area contributed by atoms with Gasteiger partial charge in [0.25, 0.3) is 0 Å². The first-order chi connectivity index (χ1) is 8.99. The van der Waals surface area contributed by atoms with Crippen LogP contribution >= 0.6 is 27.5 Å². The molecule has 2 rings (SSSR count). The van der Waals surface area contributed by atoms with Crippen LogP contribution in [0.3, 0.4) is 0 Å². The summed E-state index contributed by atoms with van der Waals surface area (Å²) in [5.41, 5.74) is 0.767. The van der Waals surface area contributed by atoms with Crippen LogP contribution in [0.2, 0.25) is 5.02 Å². The molecule has 1 unspecified atom stereocenters. The number of halogens is 2. The molecule has 2 heterocycles. The Hall–Kier alpha value is -1.34. The Labute approximate surface area is 123 Å². The Morgan fingerprint density at radius 2 is 2.26 bits per heavy atom. The van der Waals surface area contributed by atoms with Crippen molar-refractivity contribution in [2.45, 2.75) is 19.5 Å². The molecule has 8 heteroatoms. The lowest BCUT2D eigenvalue weighted by Crippen LogP contribution is -2.31. The van der Waals surface area contributed by atoms with Crippen LogP contribution in [-0.4, -0.2) is 25.5 Å². The predicted molar refractivity (Wildman–Crippen MR) is 74.7 cm³/mol. The van der Waals surface area contributed by atoms with Crippen LogP contribution in [-0.2, 0) is 18.4 Å². The second kappa shape index (κ2) is 5.75. The van der Waals surface area contributed by atoms with Crippen molar-refractivity contribution in [3.63, 3.8) is 0 Å². The lowest BCUT2D eigenvalue weighted by molar-refractivity contribution is -0.124. The summed E-state index contributed by atoms with van der Waals surface area (Å²) in [5, 5.41) is 11.4. The fourth-order valence-corrected chi connectivity index (χ4v) is 2.13. The van der Waals surface area contributed by atoms with Gasteiger partial charge in [-0.15, -0.1) is 0 Å². The van der Waals surface area contributed by atoms with Crippen molar-refractivity contribution in [1.82, 2.24) is 24.9 Å². The standard InChI is InChI=1S/C11H13BrClN5O/c1-7(18-6-8(12)3-16-18)11(19)14-5-10-9(13)4-15-17(10)2/h3-4,6-7H,5H2,1-2H3,(H,14,19). The Morgan fingerprint density at radius 3 is 2.79 bits per heavy atom. The van der Waals surface area contributed by atoms with Gasteiger partial charge < -0.3 is 5.32 Å². The smallest absolute Gasteiger partial charge is 0.244 e. The van der Waals surface area contributed by atoms with Crippen LogP contribution < -0.4 is 5.32 Å². The molecule has 0 radical (unpaired) electrons. The number of amides is 1. The van der Waals surface area contributed by atoms with Crippen LogP contribution in [0.4, 0.5) is 0 Å². The third-order valence-electron chi connectivity index (χ3n) is 2.79. The molecular formula is C11H13BrClN5O. The van der Waals surface area contributed by atoms with Gasteiger partial charge >= 0.3 is 0 Å². The minimum atomic E-state index is -0.390. The maximum Gasteiger partial charge on any atom is 0.244 e. The second-order valence-corrected chi connectivity index (χ2v) is 5.42. The molecule has 0 aromatic carbocycles. The Balaban J connectivity index is 1.98. The normalized spacial score (nSPS) is 12.4. The first-order valence-electron chi connectivity index (χ1n) is 5.62. The quantitative estimate of drug-likeness (QED) is 0.920. The van der Waals surface area contributed by atoms with Crippen molar-refractivity contribution in [3.05, 3.63) is 33.8 Å². The summed E-state index contributed by atoms with van der Waals surface area (Å²) in [5.74, 6) is -0.132. The first kappa shape index (κ1) is 14.1. The summed E-state index contributed by atoms with van der Waals surface area (Å²) in [6, 6.07) is -0.390. The molecule has 6 nitrogen and oxygen atoms in total. The molecule has 2 aromatic heterocycles. The molecule has 2 aromatic rings. The molecule has 1 amide bonds. The molecule has 0 fully saturated rings. The Bertz CT molecular complexity index is 574. The number of aromatic nitrogens is 4. The molecule has 0 saturated carbocycles. The van der Waals surface area contributed by atoms with Gasteiger partial charge in [-0.05, 0) is 22.9 Å². The minimum absolute atomic E-state index is 0.132. The van der Waals surface area contributed by atoms with Crippen LogP contribution in [0.5, 0.6) is 0 Å². The Morgan fingerprint density at radius 1 is 1.53 bits per heavy atom. The van der Waals surface area contributed by atoms with E-state index in [2.05, 4.69) is 31.4 Å². The maximum absolute atomic E-state index is 12.0. The zero-order chi connectivity index (χ0) is 14.0.